The van der Waals surface area contributed by atoms with Crippen molar-refractivity contribution in [2.45, 2.75) is 130 Å². The average Bonchev–Trinajstić information content (AvgIpc) is 3.07. The fourth-order valence-corrected chi connectivity index (χ4v) is 6.77. The number of hydrogen-bond donors (Lipinski definition) is 5. The van der Waals surface area contributed by atoms with Crippen molar-refractivity contribution >= 4 is 0 Å². The molecule has 1 saturated heterocycles. The summed E-state index contributed by atoms with van der Waals surface area (Å²) in [7, 11) is 1.36. The molecule has 5 unspecified atom stereocenters. The maximum atomic E-state index is 13.2. The molecule has 1 fully saturated rings. The predicted octanol–water partition coefficient (Wildman–Crippen LogP) is 6.88. The van der Waals surface area contributed by atoms with E-state index in [4.69, 9.17) is 13.9 Å². The zero-order valence-electron chi connectivity index (χ0n) is 32.6. The highest BCUT2D eigenvalue weighted by Gasteiger charge is 2.42. The third kappa shape index (κ3) is 13.6. The van der Waals surface area contributed by atoms with Gasteiger partial charge in [-0.1, -0.05) is 93.4 Å². The van der Waals surface area contributed by atoms with Crippen LogP contribution in [0.5, 0.6) is 5.75 Å². The quantitative estimate of drug-likeness (QED) is 0.0967. The molecule has 0 spiro atoms. The van der Waals surface area contributed by atoms with E-state index < -0.39 is 48.2 Å². The minimum Gasteiger partial charge on any atom is -0.496 e. The molecular weight excluding hydrogens is 648 g/mol. The third-order valence-electron chi connectivity index (χ3n) is 9.97. The highest BCUT2D eigenvalue weighted by molar-refractivity contribution is 5.37. The molecular formula is C42H66O9. The van der Waals surface area contributed by atoms with Crippen LogP contribution in [0.15, 0.2) is 74.5 Å². The van der Waals surface area contributed by atoms with Gasteiger partial charge in [0, 0.05) is 25.0 Å². The molecule has 1 aromatic rings. The van der Waals surface area contributed by atoms with Crippen molar-refractivity contribution in [2.24, 2.45) is 23.7 Å². The van der Waals surface area contributed by atoms with Crippen molar-refractivity contribution in [1.82, 2.24) is 0 Å². The van der Waals surface area contributed by atoms with Crippen LogP contribution < -0.4 is 10.4 Å². The van der Waals surface area contributed by atoms with Gasteiger partial charge in [-0.25, -0.2) is 4.79 Å². The molecule has 2 rings (SSSR count). The summed E-state index contributed by atoms with van der Waals surface area (Å²) in [5.41, 5.74) is 1.52. The van der Waals surface area contributed by atoms with Crippen molar-refractivity contribution in [2.75, 3.05) is 20.3 Å². The van der Waals surface area contributed by atoms with Crippen LogP contribution >= 0.6 is 0 Å². The second-order valence-electron chi connectivity index (χ2n) is 15.5. The smallest absolute Gasteiger partial charge is 0.345 e. The molecule has 1 aliphatic rings. The van der Waals surface area contributed by atoms with Crippen LogP contribution in [-0.4, -0.2) is 70.3 Å². The topological polar surface area (TPSA) is 150 Å². The minimum absolute atomic E-state index is 0.0174. The first-order valence-corrected chi connectivity index (χ1v) is 18.5. The Morgan fingerprint density at radius 2 is 1.71 bits per heavy atom. The zero-order valence-corrected chi connectivity index (χ0v) is 32.6. The number of rotatable bonds is 19. The van der Waals surface area contributed by atoms with Gasteiger partial charge in [0.05, 0.1) is 37.4 Å². The van der Waals surface area contributed by atoms with Crippen LogP contribution in [0.25, 0.3) is 0 Å². The average molecular weight is 715 g/mol. The first kappa shape index (κ1) is 44.4. The monoisotopic (exact) mass is 714 g/mol. The second kappa shape index (κ2) is 21.0. The molecule has 9 atom stereocenters. The lowest BCUT2D eigenvalue weighted by molar-refractivity contribution is -0.180. The summed E-state index contributed by atoms with van der Waals surface area (Å²) in [5.74, 6) is 1.72. The van der Waals surface area contributed by atoms with Crippen molar-refractivity contribution in [1.29, 1.82) is 0 Å². The normalized spacial score (nSPS) is 24.2. The van der Waals surface area contributed by atoms with E-state index in [1.54, 1.807) is 26.0 Å². The molecule has 5 N–H and O–H groups in total. The lowest BCUT2D eigenvalue weighted by Gasteiger charge is -2.36. The van der Waals surface area contributed by atoms with Crippen LogP contribution in [0.2, 0.25) is 0 Å². The van der Waals surface area contributed by atoms with Gasteiger partial charge in [0.2, 0.25) is 0 Å². The van der Waals surface area contributed by atoms with E-state index in [9.17, 15) is 30.3 Å². The largest absolute Gasteiger partial charge is 0.496 e. The molecule has 1 aliphatic heterocycles. The second-order valence-corrected chi connectivity index (χ2v) is 15.5. The first-order chi connectivity index (χ1) is 24.0. The molecule has 2 heterocycles. The number of aliphatic hydroxyl groups is 5. The summed E-state index contributed by atoms with van der Waals surface area (Å²) in [6, 6.07) is 1.48. The van der Waals surface area contributed by atoms with Gasteiger partial charge in [-0.05, 0) is 71.6 Å². The van der Waals surface area contributed by atoms with Crippen LogP contribution in [0.4, 0.5) is 0 Å². The number of allylic oxidation sites excluding steroid dienone is 8. The van der Waals surface area contributed by atoms with Gasteiger partial charge in [0.25, 0.3) is 0 Å². The van der Waals surface area contributed by atoms with Gasteiger partial charge in [0.15, 0.2) is 0 Å². The van der Waals surface area contributed by atoms with Gasteiger partial charge in [0.1, 0.15) is 29.3 Å². The number of methoxy groups -OCH3 is 1. The van der Waals surface area contributed by atoms with E-state index in [-0.39, 0.29) is 36.0 Å². The molecule has 0 aliphatic carbocycles. The maximum Gasteiger partial charge on any atom is 0.345 e. The Morgan fingerprint density at radius 3 is 2.31 bits per heavy atom. The number of hydrogen-bond acceptors (Lipinski definition) is 9. The van der Waals surface area contributed by atoms with Gasteiger partial charge in [-0.3, -0.25) is 0 Å². The molecule has 1 aromatic heterocycles. The Kier molecular flexibility index (Phi) is 18.3. The molecule has 0 bridgehead atoms. The molecule has 9 heteroatoms. The Balaban J connectivity index is 2.08. The van der Waals surface area contributed by atoms with Crippen molar-refractivity contribution in [3.05, 3.63) is 87.1 Å². The van der Waals surface area contributed by atoms with E-state index in [2.05, 4.69) is 65.8 Å². The van der Waals surface area contributed by atoms with Gasteiger partial charge in [-0.15, -0.1) is 0 Å². The van der Waals surface area contributed by atoms with Gasteiger partial charge in [-0.2, -0.15) is 0 Å². The molecule has 0 amide bonds. The van der Waals surface area contributed by atoms with Crippen molar-refractivity contribution in [3.8, 4) is 5.75 Å². The molecule has 0 saturated carbocycles. The van der Waals surface area contributed by atoms with E-state index in [1.807, 2.05) is 13.0 Å². The van der Waals surface area contributed by atoms with E-state index in [1.165, 1.54) is 24.3 Å². The number of ether oxygens (including phenoxy) is 2. The lowest BCUT2D eigenvalue weighted by Crippen LogP contribution is -2.46. The molecule has 0 aromatic carbocycles. The lowest BCUT2D eigenvalue weighted by atomic mass is 9.82. The Bertz CT molecular complexity index is 1430. The Labute approximate surface area is 306 Å². The van der Waals surface area contributed by atoms with E-state index >= 15 is 0 Å². The van der Waals surface area contributed by atoms with E-state index in [0.29, 0.717) is 17.8 Å². The third-order valence-corrected chi connectivity index (χ3v) is 9.97. The SMILES string of the molecule is CCC(C)/C=C(C)/C=C/C=C(\C)CC(C)CC(C)CC(/C=C(C)/C=C/C(O)C(C)(C)c1cc(OC)c([C@@H]2O[C@H](CO)C[C@H](O)[C@H]2O)c(=O)o1)CO. The van der Waals surface area contributed by atoms with Crippen molar-refractivity contribution in [3.63, 3.8) is 0 Å². The fraction of sp³-hybridized carbons (Fsp3) is 0.643. The number of aliphatic hydroxyl groups excluding tert-OH is 5. The summed E-state index contributed by atoms with van der Waals surface area (Å²) in [5, 5.41) is 51.8. The Morgan fingerprint density at radius 1 is 1.04 bits per heavy atom. The van der Waals surface area contributed by atoms with Gasteiger partial charge >= 0.3 is 5.63 Å². The standard InChI is InChI=1S/C42H66O9/c1-11-26(2)17-27(3)13-12-14-28(4)18-30(6)19-31(7)21-32(24-43)20-29(5)15-16-36(46)42(8,9)37-23-35(49-10)38(41(48)51-37)40-39(47)34(45)22-33(25-44)50-40/h12-17,20,23,26,30-34,36,39-40,43-47H,11,18-19,21-22,24-25H2,1-10H3/b13-12+,16-15+,27-17+,28-14+,29-20+/t26?,30?,31?,32?,33-,34-,36?,39+,40-/m0/s1. The molecule has 288 valence electrons. The zero-order chi connectivity index (χ0) is 38.5. The van der Waals surface area contributed by atoms with E-state index in [0.717, 1.165) is 31.3 Å². The summed E-state index contributed by atoms with van der Waals surface area (Å²) in [6.45, 7) is 18.3. The Hall–Kier alpha value is -2.79. The summed E-state index contributed by atoms with van der Waals surface area (Å²) in [4.78, 5) is 13.2. The van der Waals surface area contributed by atoms with Crippen LogP contribution in [0.1, 0.15) is 112 Å². The first-order valence-electron chi connectivity index (χ1n) is 18.5. The highest BCUT2D eigenvalue weighted by Crippen LogP contribution is 2.38. The fourth-order valence-electron chi connectivity index (χ4n) is 6.77. The van der Waals surface area contributed by atoms with Crippen molar-refractivity contribution < 1.29 is 39.4 Å². The molecule has 9 nitrogen and oxygen atoms in total. The van der Waals surface area contributed by atoms with Crippen LogP contribution in [-0.2, 0) is 10.2 Å². The predicted molar refractivity (Wildman–Crippen MR) is 204 cm³/mol. The van der Waals surface area contributed by atoms with Crippen LogP contribution in [0.3, 0.4) is 0 Å². The molecule has 51 heavy (non-hydrogen) atoms. The van der Waals surface area contributed by atoms with Crippen LogP contribution in [0, 0.1) is 23.7 Å². The van der Waals surface area contributed by atoms with Gasteiger partial charge < -0.3 is 39.4 Å². The summed E-state index contributed by atoms with van der Waals surface area (Å²) in [6.07, 6.45) is 12.6. The highest BCUT2D eigenvalue weighted by atomic mass is 16.5. The maximum absolute atomic E-state index is 13.2. The summed E-state index contributed by atoms with van der Waals surface area (Å²) >= 11 is 0. The molecule has 0 radical (unpaired) electrons. The minimum atomic E-state index is -1.42. The summed E-state index contributed by atoms with van der Waals surface area (Å²) < 4.78 is 16.8.